The largest absolute Gasteiger partial charge is 0.313 e. The molecule has 1 N–H and O–H groups in total. The summed E-state index contributed by atoms with van der Waals surface area (Å²) in [6.07, 6.45) is 1.92. The summed E-state index contributed by atoms with van der Waals surface area (Å²) in [6, 6.07) is 7.79. The van der Waals surface area contributed by atoms with Gasteiger partial charge in [0.1, 0.15) is 0 Å². The van der Waals surface area contributed by atoms with Crippen LogP contribution in [0.1, 0.15) is 37.8 Å². The Kier molecular flexibility index (Phi) is 7.19. The Morgan fingerprint density at radius 2 is 1.85 bits per heavy atom. The van der Waals surface area contributed by atoms with E-state index in [9.17, 15) is 8.42 Å². The number of nitrogens with zero attached hydrogens (tertiary/aromatic N) is 1. The van der Waals surface area contributed by atoms with E-state index in [1.807, 2.05) is 31.2 Å². The van der Waals surface area contributed by atoms with Crippen molar-refractivity contribution in [3.8, 4) is 0 Å². The summed E-state index contributed by atoms with van der Waals surface area (Å²) in [5, 5.41) is 3.32. The topological polar surface area (TPSA) is 49.4 Å². The molecule has 0 saturated heterocycles. The van der Waals surface area contributed by atoms with E-state index >= 15 is 0 Å². The standard InChI is InChI=1S/C15H26N2O2S/c1-4-9-16-12-14-7-6-8-15(11-14)13-20(18,19)17(3)10-5-2/h6-8,11,16H,4-5,9-10,12-13H2,1-3H3. The van der Waals surface area contributed by atoms with Crippen molar-refractivity contribution in [3.05, 3.63) is 35.4 Å². The van der Waals surface area contributed by atoms with Gasteiger partial charge in [-0.2, -0.15) is 0 Å². The number of benzene rings is 1. The van der Waals surface area contributed by atoms with Gasteiger partial charge in [-0.3, -0.25) is 0 Å². The highest BCUT2D eigenvalue weighted by molar-refractivity contribution is 7.88. The Labute approximate surface area is 123 Å². The van der Waals surface area contributed by atoms with E-state index in [0.29, 0.717) is 6.54 Å². The third kappa shape index (κ3) is 5.61. The maximum Gasteiger partial charge on any atom is 0.218 e. The molecule has 1 rings (SSSR count). The van der Waals surface area contributed by atoms with Gasteiger partial charge in [0, 0.05) is 20.1 Å². The van der Waals surface area contributed by atoms with Crippen LogP contribution in [0.3, 0.4) is 0 Å². The fourth-order valence-electron chi connectivity index (χ4n) is 2.01. The van der Waals surface area contributed by atoms with Crippen LogP contribution in [0.15, 0.2) is 24.3 Å². The molecule has 0 amide bonds. The lowest BCUT2D eigenvalue weighted by atomic mass is 10.1. The first-order chi connectivity index (χ1) is 9.49. The van der Waals surface area contributed by atoms with E-state index in [0.717, 1.165) is 37.1 Å². The van der Waals surface area contributed by atoms with Crippen LogP contribution in [0.5, 0.6) is 0 Å². The average Bonchev–Trinajstić information content (AvgIpc) is 2.39. The van der Waals surface area contributed by atoms with Crippen LogP contribution in [0.25, 0.3) is 0 Å². The number of nitrogens with one attached hydrogen (secondary N) is 1. The molecule has 4 nitrogen and oxygen atoms in total. The van der Waals surface area contributed by atoms with E-state index in [4.69, 9.17) is 0 Å². The molecule has 0 saturated carbocycles. The minimum atomic E-state index is -3.20. The molecule has 0 aliphatic rings. The quantitative estimate of drug-likeness (QED) is 0.712. The molecule has 0 bridgehead atoms. The molecule has 0 fully saturated rings. The predicted octanol–water partition coefficient (Wildman–Crippen LogP) is 2.36. The molecule has 0 aromatic heterocycles. The molecule has 0 spiro atoms. The zero-order chi connectivity index (χ0) is 15.0. The lowest BCUT2D eigenvalue weighted by Crippen LogP contribution is -2.28. The maximum absolute atomic E-state index is 12.2. The molecule has 1 aromatic carbocycles. The molecule has 0 atom stereocenters. The summed E-state index contributed by atoms with van der Waals surface area (Å²) >= 11 is 0. The van der Waals surface area contributed by atoms with Crippen molar-refractivity contribution in [1.29, 1.82) is 0 Å². The molecule has 0 heterocycles. The van der Waals surface area contributed by atoms with Crippen molar-refractivity contribution < 1.29 is 8.42 Å². The fourth-order valence-corrected chi connectivity index (χ4v) is 3.30. The van der Waals surface area contributed by atoms with Gasteiger partial charge in [0.25, 0.3) is 0 Å². The van der Waals surface area contributed by atoms with Gasteiger partial charge in [0.15, 0.2) is 0 Å². The molecular formula is C15H26N2O2S. The van der Waals surface area contributed by atoms with E-state index in [2.05, 4.69) is 12.2 Å². The van der Waals surface area contributed by atoms with Crippen molar-refractivity contribution >= 4 is 10.0 Å². The summed E-state index contributed by atoms with van der Waals surface area (Å²) in [5.74, 6) is 0.0745. The highest BCUT2D eigenvalue weighted by atomic mass is 32.2. The van der Waals surface area contributed by atoms with Crippen LogP contribution in [0.4, 0.5) is 0 Å². The normalized spacial score (nSPS) is 12.0. The van der Waals surface area contributed by atoms with Crippen LogP contribution in [-0.4, -0.2) is 32.9 Å². The fraction of sp³-hybridized carbons (Fsp3) is 0.600. The zero-order valence-corrected chi connectivity index (χ0v) is 13.5. The van der Waals surface area contributed by atoms with Crippen LogP contribution in [0, 0.1) is 0 Å². The van der Waals surface area contributed by atoms with Gasteiger partial charge in [-0.1, -0.05) is 38.1 Å². The number of hydrogen-bond acceptors (Lipinski definition) is 3. The third-order valence-corrected chi connectivity index (χ3v) is 4.94. The summed E-state index contributed by atoms with van der Waals surface area (Å²) in [5.41, 5.74) is 1.98. The van der Waals surface area contributed by atoms with E-state index in [-0.39, 0.29) is 5.75 Å². The van der Waals surface area contributed by atoms with E-state index in [1.165, 1.54) is 4.31 Å². The lowest BCUT2D eigenvalue weighted by Gasteiger charge is -2.16. The van der Waals surface area contributed by atoms with Crippen LogP contribution in [0.2, 0.25) is 0 Å². The average molecular weight is 298 g/mol. The van der Waals surface area contributed by atoms with E-state index < -0.39 is 10.0 Å². The molecule has 0 aliphatic heterocycles. The number of hydrogen-bond donors (Lipinski definition) is 1. The SMILES string of the molecule is CCCNCc1cccc(CS(=O)(=O)N(C)CCC)c1. The molecule has 5 heteroatoms. The van der Waals surface area contributed by atoms with Crippen LogP contribution >= 0.6 is 0 Å². The molecule has 114 valence electrons. The Morgan fingerprint density at radius 1 is 1.15 bits per heavy atom. The molecule has 0 radical (unpaired) electrons. The zero-order valence-electron chi connectivity index (χ0n) is 12.7. The van der Waals surface area contributed by atoms with Gasteiger partial charge in [0.05, 0.1) is 5.75 Å². The monoisotopic (exact) mass is 298 g/mol. The number of sulfonamides is 1. The molecule has 1 aromatic rings. The summed E-state index contributed by atoms with van der Waals surface area (Å²) in [7, 11) is -1.56. The number of rotatable bonds is 9. The van der Waals surface area contributed by atoms with Crippen molar-refractivity contribution in [2.24, 2.45) is 0 Å². The first-order valence-electron chi connectivity index (χ1n) is 7.22. The summed E-state index contributed by atoms with van der Waals surface area (Å²) in [6.45, 7) is 6.43. The Morgan fingerprint density at radius 3 is 2.50 bits per heavy atom. The smallest absolute Gasteiger partial charge is 0.218 e. The highest BCUT2D eigenvalue weighted by Gasteiger charge is 2.17. The predicted molar refractivity (Wildman–Crippen MR) is 84.0 cm³/mol. The van der Waals surface area contributed by atoms with Gasteiger partial charge < -0.3 is 5.32 Å². The second kappa shape index (κ2) is 8.39. The third-order valence-electron chi connectivity index (χ3n) is 3.11. The Bertz CT molecular complexity index is 500. The minimum Gasteiger partial charge on any atom is -0.313 e. The molecule has 0 aliphatic carbocycles. The van der Waals surface area contributed by atoms with Gasteiger partial charge >= 0.3 is 0 Å². The van der Waals surface area contributed by atoms with Gasteiger partial charge in [-0.25, -0.2) is 12.7 Å². The highest BCUT2D eigenvalue weighted by Crippen LogP contribution is 2.12. The Balaban J connectivity index is 2.70. The second-order valence-corrected chi connectivity index (χ2v) is 7.15. The lowest BCUT2D eigenvalue weighted by molar-refractivity contribution is 0.467. The van der Waals surface area contributed by atoms with Crippen molar-refractivity contribution in [2.75, 3.05) is 20.1 Å². The van der Waals surface area contributed by atoms with Gasteiger partial charge in [-0.15, -0.1) is 0 Å². The van der Waals surface area contributed by atoms with Crippen molar-refractivity contribution in [1.82, 2.24) is 9.62 Å². The van der Waals surface area contributed by atoms with Crippen LogP contribution < -0.4 is 5.32 Å². The summed E-state index contributed by atoms with van der Waals surface area (Å²) < 4.78 is 25.8. The second-order valence-electron chi connectivity index (χ2n) is 5.07. The van der Waals surface area contributed by atoms with Crippen molar-refractivity contribution in [2.45, 2.75) is 39.0 Å². The van der Waals surface area contributed by atoms with Gasteiger partial charge in [0.2, 0.25) is 10.0 Å². The van der Waals surface area contributed by atoms with Crippen LogP contribution in [-0.2, 0) is 22.3 Å². The Hall–Kier alpha value is -0.910. The van der Waals surface area contributed by atoms with Crippen molar-refractivity contribution in [3.63, 3.8) is 0 Å². The minimum absolute atomic E-state index is 0.0745. The first kappa shape index (κ1) is 17.1. The molecule has 20 heavy (non-hydrogen) atoms. The van der Waals surface area contributed by atoms with E-state index in [1.54, 1.807) is 7.05 Å². The van der Waals surface area contributed by atoms with Gasteiger partial charge in [-0.05, 0) is 30.5 Å². The molecular weight excluding hydrogens is 272 g/mol. The summed E-state index contributed by atoms with van der Waals surface area (Å²) in [4.78, 5) is 0. The maximum atomic E-state index is 12.2. The first-order valence-corrected chi connectivity index (χ1v) is 8.83. The molecule has 0 unspecified atom stereocenters.